The fourth-order valence-corrected chi connectivity index (χ4v) is 2.95. The summed E-state index contributed by atoms with van der Waals surface area (Å²) in [5.74, 6) is -0.582. The van der Waals surface area contributed by atoms with Gasteiger partial charge in [0.15, 0.2) is 0 Å². The van der Waals surface area contributed by atoms with Crippen LogP contribution in [-0.4, -0.2) is 25.2 Å². The van der Waals surface area contributed by atoms with E-state index >= 15 is 0 Å². The Morgan fingerprint density at radius 3 is 2.82 bits per heavy atom. The number of cyclic esters (lactones) is 1. The predicted molar refractivity (Wildman–Crippen MR) is 84.8 cm³/mol. The first-order valence-corrected chi connectivity index (χ1v) is 7.77. The van der Waals surface area contributed by atoms with E-state index in [0.717, 1.165) is 16.5 Å². The van der Waals surface area contributed by atoms with E-state index in [1.165, 1.54) is 6.08 Å². The first-order valence-electron chi connectivity index (χ1n) is 6.98. The summed E-state index contributed by atoms with van der Waals surface area (Å²) in [4.78, 5) is 23.1. The highest BCUT2D eigenvalue weighted by Crippen LogP contribution is 2.60. The molecule has 0 unspecified atom stereocenters. The van der Waals surface area contributed by atoms with Gasteiger partial charge in [-0.3, -0.25) is 0 Å². The van der Waals surface area contributed by atoms with Crippen molar-refractivity contribution >= 4 is 33.9 Å². The number of rotatable bonds is 4. The monoisotopic (exact) mass is 362 g/mol. The molecule has 1 aromatic rings. The number of hydrogen-bond donors (Lipinski definition) is 0. The Kier molecular flexibility index (Phi) is 3.91. The van der Waals surface area contributed by atoms with Crippen LogP contribution in [0.2, 0.25) is 0 Å². The summed E-state index contributed by atoms with van der Waals surface area (Å²) in [6, 6.07) is 7.60. The zero-order valence-electron chi connectivity index (χ0n) is 11.9. The van der Waals surface area contributed by atoms with Crippen LogP contribution in [0.3, 0.4) is 0 Å². The van der Waals surface area contributed by atoms with Crippen molar-refractivity contribution < 1.29 is 19.1 Å². The third kappa shape index (κ3) is 2.86. The molecule has 1 saturated carbocycles. The second kappa shape index (κ2) is 5.72. The van der Waals surface area contributed by atoms with Crippen molar-refractivity contribution in [3.63, 3.8) is 0 Å². The van der Waals surface area contributed by atoms with Crippen LogP contribution < -0.4 is 0 Å². The zero-order valence-corrected chi connectivity index (χ0v) is 13.5. The van der Waals surface area contributed by atoms with Gasteiger partial charge in [-0.25, -0.2) is 9.59 Å². The Balaban J connectivity index is 1.49. The summed E-state index contributed by atoms with van der Waals surface area (Å²) in [6.07, 6.45) is 3.91. The Morgan fingerprint density at radius 1 is 1.45 bits per heavy atom. The molecule has 5 heteroatoms. The highest BCUT2D eigenvalue weighted by atomic mass is 79.9. The third-order valence-electron chi connectivity index (χ3n) is 4.25. The number of halogens is 1. The lowest BCUT2D eigenvalue weighted by Crippen LogP contribution is -2.12. The maximum Gasteiger partial charge on any atom is 0.334 e. The van der Waals surface area contributed by atoms with Crippen molar-refractivity contribution in [1.82, 2.24) is 0 Å². The molecule has 0 radical (unpaired) electrons. The molecule has 2 atom stereocenters. The van der Waals surface area contributed by atoms with Crippen molar-refractivity contribution in [2.24, 2.45) is 11.3 Å². The van der Waals surface area contributed by atoms with Gasteiger partial charge in [0.25, 0.3) is 0 Å². The predicted octanol–water partition coefficient (Wildman–Crippen LogP) is 3.12. The molecule has 1 aliphatic carbocycles. The maximum absolute atomic E-state index is 11.7. The summed E-state index contributed by atoms with van der Waals surface area (Å²) >= 11 is 3.35. The van der Waals surface area contributed by atoms with Crippen molar-refractivity contribution in [3.8, 4) is 0 Å². The second-order valence-corrected chi connectivity index (χ2v) is 6.54. The molecule has 114 valence electrons. The molecule has 0 N–H and O–H groups in total. The van der Waals surface area contributed by atoms with E-state index in [0.29, 0.717) is 18.8 Å². The SMILES string of the molecule is C=C1C(=O)OC[C@@]12C[C@H]2COC(=O)/C=C/c1ccc(Br)cc1. The average molecular weight is 363 g/mol. The molecule has 2 fully saturated rings. The van der Waals surface area contributed by atoms with Crippen LogP contribution in [0.15, 0.2) is 47.0 Å². The first-order chi connectivity index (χ1) is 10.5. The van der Waals surface area contributed by atoms with Crippen LogP contribution in [0.4, 0.5) is 0 Å². The van der Waals surface area contributed by atoms with Gasteiger partial charge in [0.1, 0.15) is 6.61 Å². The van der Waals surface area contributed by atoms with Crippen molar-refractivity contribution in [2.45, 2.75) is 6.42 Å². The molecule has 0 bridgehead atoms. The van der Waals surface area contributed by atoms with Crippen LogP contribution in [0.5, 0.6) is 0 Å². The minimum Gasteiger partial charge on any atom is -0.462 e. The molecule has 4 nitrogen and oxygen atoms in total. The molecule has 1 spiro atoms. The third-order valence-corrected chi connectivity index (χ3v) is 4.78. The number of hydrogen-bond acceptors (Lipinski definition) is 4. The summed E-state index contributed by atoms with van der Waals surface area (Å²) in [7, 11) is 0. The topological polar surface area (TPSA) is 52.6 Å². The van der Waals surface area contributed by atoms with Gasteiger partial charge in [0, 0.05) is 27.5 Å². The van der Waals surface area contributed by atoms with Gasteiger partial charge in [-0.1, -0.05) is 34.6 Å². The Hall–Kier alpha value is -1.88. The molecule has 1 aliphatic heterocycles. The van der Waals surface area contributed by atoms with E-state index in [-0.39, 0.29) is 23.3 Å². The molecule has 1 saturated heterocycles. The molecular weight excluding hydrogens is 348 g/mol. The van der Waals surface area contributed by atoms with Crippen molar-refractivity contribution in [3.05, 3.63) is 52.5 Å². The van der Waals surface area contributed by atoms with Crippen LogP contribution in [-0.2, 0) is 19.1 Å². The minimum atomic E-state index is -0.388. The van der Waals surface area contributed by atoms with Gasteiger partial charge in [0.05, 0.1) is 6.61 Å². The van der Waals surface area contributed by atoms with E-state index in [4.69, 9.17) is 9.47 Å². The van der Waals surface area contributed by atoms with Gasteiger partial charge >= 0.3 is 11.9 Å². The van der Waals surface area contributed by atoms with Crippen molar-refractivity contribution in [1.29, 1.82) is 0 Å². The number of carbonyl (C=O) groups is 2. The molecule has 3 rings (SSSR count). The summed E-state index contributed by atoms with van der Waals surface area (Å²) < 4.78 is 11.2. The van der Waals surface area contributed by atoms with E-state index in [1.54, 1.807) is 6.08 Å². The molecule has 2 aliphatic rings. The molecule has 0 amide bonds. The summed E-state index contributed by atoms with van der Waals surface area (Å²) in [5, 5.41) is 0. The molecular formula is C17H15BrO4. The van der Waals surface area contributed by atoms with E-state index in [1.807, 2.05) is 24.3 Å². The molecule has 22 heavy (non-hydrogen) atoms. The zero-order chi connectivity index (χ0) is 15.7. The van der Waals surface area contributed by atoms with Gasteiger partial charge < -0.3 is 9.47 Å². The quantitative estimate of drug-likeness (QED) is 0.609. The fraction of sp³-hybridized carbons (Fsp3) is 0.294. The van der Waals surface area contributed by atoms with Gasteiger partial charge in [0.2, 0.25) is 0 Å². The van der Waals surface area contributed by atoms with Gasteiger partial charge in [-0.2, -0.15) is 0 Å². The lowest BCUT2D eigenvalue weighted by Gasteiger charge is -2.06. The van der Waals surface area contributed by atoms with Crippen LogP contribution in [0.25, 0.3) is 6.08 Å². The molecule has 1 aromatic carbocycles. The fourth-order valence-electron chi connectivity index (χ4n) is 2.69. The standard InChI is InChI=1S/C17H15BrO4/c1-11-16(20)22-10-17(11)8-13(17)9-21-15(19)7-4-12-2-5-14(18)6-3-12/h2-7,13H,1,8-10H2/b7-4+/t13-,17-/m0/s1. The van der Waals surface area contributed by atoms with Crippen molar-refractivity contribution in [2.75, 3.05) is 13.2 Å². The maximum atomic E-state index is 11.7. The van der Waals surface area contributed by atoms with Gasteiger partial charge in [-0.05, 0) is 30.2 Å². The Labute approximate surface area is 136 Å². The molecule has 0 aromatic heterocycles. The largest absolute Gasteiger partial charge is 0.462 e. The number of carbonyl (C=O) groups excluding carboxylic acids is 2. The highest BCUT2D eigenvalue weighted by Gasteiger charge is 2.62. The smallest absolute Gasteiger partial charge is 0.334 e. The summed E-state index contributed by atoms with van der Waals surface area (Å²) in [6.45, 7) is 4.43. The van der Waals surface area contributed by atoms with Gasteiger partial charge in [-0.15, -0.1) is 0 Å². The lowest BCUT2D eigenvalue weighted by atomic mass is 9.98. The second-order valence-electron chi connectivity index (χ2n) is 5.63. The Bertz CT molecular complexity index is 662. The van der Waals surface area contributed by atoms with Crippen LogP contribution in [0, 0.1) is 11.3 Å². The van der Waals surface area contributed by atoms with Crippen LogP contribution >= 0.6 is 15.9 Å². The number of ether oxygens (including phenoxy) is 2. The van der Waals surface area contributed by atoms with E-state index in [9.17, 15) is 9.59 Å². The van der Waals surface area contributed by atoms with E-state index < -0.39 is 0 Å². The lowest BCUT2D eigenvalue weighted by molar-refractivity contribution is -0.138. The Morgan fingerprint density at radius 2 is 2.18 bits per heavy atom. The van der Waals surface area contributed by atoms with E-state index in [2.05, 4.69) is 22.5 Å². The number of benzene rings is 1. The molecule has 1 heterocycles. The number of esters is 2. The normalized spacial score (nSPS) is 26.5. The summed E-state index contributed by atoms with van der Waals surface area (Å²) in [5.41, 5.74) is 1.15. The minimum absolute atomic E-state index is 0.136. The highest BCUT2D eigenvalue weighted by molar-refractivity contribution is 9.10. The first kappa shape index (κ1) is 15.0. The van der Waals surface area contributed by atoms with Crippen LogP contribution in [0.1, 0.15) is 12.0 Å². The average Bonchev–Trinajstić information content (AvgIpc) is 3.16.